The molecule has 2 aliphatic carbocycles. The summed E-state index contributed by atoms with van der Waals surface area (Å²) in [7, 11) is 0. The number of rotatable bonds is 7. The van der Waals surface area contributed by atoms with Crippen LogP contribution in [0.5, 0.6) is 0 Å². The molecule has 0 saturated heterocycles. The predicted molar refractivity (Wildman–Crippen MR) is 79.0 cm³/mol. The molecule has 0 aromatic rings. The topological polar surface area (TPSA) is 24.1 Å². The van der Waals surface area contributed by atoms with Crippen molar-refractivity contribution in [2.24, 2.45) is 0 Å². The van der Waals surface area contributed by atoms with E-state index in [0.29, 0.717) is 6.04 Å². The van der Waals surface area contributed by atoms with Gasteiger partial charge in [-0.25, -0.2) is 0 Å². The molecular formula is C16H32N2. The molecule has 0 bridgehead atoms. The van der Waals surface area contributed by atoms with Gasteiger partial charge < -0.3 is 10.6 Å². The minimum absolute atomic E-state index is 0.707. The molecule has 2 heteroatoms. The highest BCUT2D eigenvalue weighted by molar-refractivity contribution is 4.76. The Hall–Kier alpha value is -0.0800. The van der Waals surface area contributed by atoms with Crippen molar-refractivity contribution in [2.75, 3.05) is 6.54 Å². The molecule has 2 nitrogen and oxygen atoms in total. The molecule has 2 fully saturated rings. The molecule has 2 aliphatic rings. The molecule has 1 atom stereocenters. The van der Waals surface area contributed by atoms with Crippen LogP contribution in [0.4, 0.5) is 0 Å². The Bertz CT molecular complexity index is 205. The summed E-state index contributed by atoms with van der Waals surface area (Å²) in [6, 6.07) is 2.36. The Morgan fingerprint density at radius 2 is 1.50 bits per heavy atom. The molecule has 2 saturated carbocycles. The zero-order valence-corrected chi connectivity index (χ0v) is 12.2. The van der Waals surface area contributed by atoms with E-state index in [2.05, 4.69) is 17.6 Å². The monoisotopic (exact) mass is 252 g/mol. The standard InChI is InChI=1S/C16H32N2/c1-14(18-16-11-3-2-4-12-16)8-7-13-17-15-9-5-6-10-15/h14-18H,2-13H2,1H3. The van der Waals surface area contributed by atoms with E-state index in [0.717, 1.165) is 12.1 Å². The van der Waals surface area contributed by atoms with Crippen LogP contribution in [0.2, 0.25) is 0 Å². The Morgan fingerprint density at radius 3 is 2.22 bits per heavy atom. The third-order valence-corrected chi connectivity index (χ3v) is 4.73. The normalized spacial score (nSPS) is 24.5. The highest BCUT2D eigenvalue weighted by atomic mass is 14.9. The molecule has 0 spiro atoms. The van der Waals surface area contributed by atoms with Crippen molar-refractivity contribution in [3.63, 3.8) is 0 Å². The van der Waals surface area contributed by atoms with Gasteiger partial charge in [-0.15, -0.1) is 0 Å². The predicted octanol–water partition coefficient (Wildman–Crippen LogP) is 3.61. The van der Waals surface area contributed by atoms with Crippen molar-refractivity contribution in [1.29, 1.82) is 0 Å². The molecule has 2 N–H and O–H groups in total. The Kier molecular flexibility index (Phi) is 6.50. The highest BCUT2D eigenvalue weighted by Crippen LogP contribution is 2.19. The summed E-state index contributed by atoms with van der Waals surface area (Å²) in [5.41, 5.74) is 0. The van der Waals surface area contributed by atoms with Crippen LogP contribution in [0.3, 0.4) is 0 Å². The third kappa shape index (κ3) is 5.27. The summed E-state index contributed by atoms with van der Waals surface area (Å²) >= 11 is 0. The van der Waals surface area contributed by atoms with E-state index in [1.165, 1.54) is 77.2 Å². The number of hydrogen-bond donors (Lipinski definition) is 2. The minimum atomic E-state index is 0.707. The summed E-state index contributed by atoms with van der Waals surface area (Å²) in [4.78, 5) is 0. The maximum atomic E-state index is 3.82. The van der Waals surface area contributed by atoms with Crippen LogP contribution in [0.1, 0.15) is 77.6 Å². The first-order chi connectivity index (χ1) is 8.84. The van der Waals surface area contributed by atoms with E-state index in [4.69, 9.17) is 0 Å². The van der Waals surface area contributed by atoms with E-state index in [9.17, 15) is 0 Å². The maximum absolute atomic E-state index is 3.82. The van der Waals surface area contributed by atoms with Crippen molar-refractivity contribution >= 4 is 0 Å². The van der Waals surface area contributed by atoms with Gasteiger partial charge in [0.05, 0.1) is 0 Å². The molecule has 1 unspecified atom stereocenters. The Balaban J connectivity index is 1.47. The van der Waals surface area contributed by atoms with Crippen molar-refractivity contribution in [1.82, 2.24) is 10.6 Å². The summed E-state index contributed by atoms with van der Waals surface area (Å²) in [6.07, 6.45) is 15.5. The van der Waals surface area contributed by atoms with Crippen LogP contribution in [0, 0.1) is 0 Å². The third-order valence-electron chi connectivity index (χ3n) is 4.73. The molecule has 0 aromatic heterocycles. The van der Waals surface area contributed by atoms with Gasteiger partial charge in [-0.1, -0.05) is 32.1 Å². The summed E-state index contributed by atoms with van der Waals surface area (Å²) in [5, 5.41) is 7.53. The molecule has 18 heavy (non-hydrogen) atoms. The van der Waals surface area contributed by atoms with Gasteiger partial charge in [0.1, 0.15) is 0 Å². The molecule has 2 rings (SSSR count). The fourth-order valence-corrected chi connectivity index (χ4v) is 3.60. The zero-order valence-electron chi connectivity index (χ0n) is 12.2. The van der Waals surface area contributed by atoms with Crippen LogP contribution >= 0.6 is 0 Å². The lowest BCUT2D eigenvalue weighted by Crippen LogP contribution is -2.38. The van der Waals surface area contributed by atoms with Crippen molar-refractivity contribution in [2.45, 2.75) is 95.7 Å². The molecule has 0 aliphatic heterocycles. The van der Waals surface area contributed by atoms with Gasteiger partial charge in [0.25, 0.3) is 0 Å². The SMILES string of the molecule is CC(CCCNC1CCCC1)NC1CCCCC1. The first-order valence-corrected chi connectivity index (χ1v) is 8.34. The second-order valence-corrected chi connectivity index (χ2v) is 6.48. The van der Waals surface area contributed by atoms with E-state index in [-0.39, 0.29) is 0 Å². The van der Waals surface area contributed by atoms with Crippen LogP contribution in [0.25, 0.3) is 0 Å². The lowest BCUT2D eigenvalue weighted by atomic mass is 9.94. The first-order valence-electron chi connectivity index (χ1n) is 8.34. The van der Waals surface area contributed by atoms with Gasteiger partial charge >= 0.3 is 0 Å². The molecule has 0 amide bonds. The second kappa shape index (κ2) is 8.16. The van der Waals surface area contributed by atoms with Gasteiger partial charge in [-0.2, -0.15) is 0 Å². The molecule has 0 radical (unpaired) electrons. The van der Waals surface area contributed by atoms with Gasteiger partial charge in [0.15, 0.2) is 0 Å². The van der Waals surface area contributed by atoms with E-state index in [1.54, 1.807) is 0 Å². The van der Waals surface area contributed by atoms with Crippen molar-refractivity contribution in [3.05, 3.63) is 0 Å². The fraction of sp³-hybridized carbons (Fsp3) is 1.00. The molecular weight excluding hydrogens is 220 g/mol. The number of hydrogen-bond acceptors (Lipinski definition) is 2. The lowest BCUT2D eigenvalue weighted by Gasteiger charge is -2.26. The minimum Gasteiger partial charge on any atom is -0.314 e. The quantitative estimate of drug-likeness (QED) is 0.676. The van der Waals surface area contributed by atoms with Gasteiger partial charge in [0, 0.05) is 18.1 Å². The molecule has 106 valence electrons. The van der Waals surface area contributed by atoms with E-state index >= 15 is 0 Å². The second-order valence-electron chi connectivity index (χ2n) is 6.48. The number of nitrogens with one attached hydrogen (secondary N) is 2. The average Bonchev–Trinajstić information content (AvgIpc) is 2.89. The smallest absolute Gasteiger partial charge is 0.00695 e. The van der Waals surface area contributed by atoms with Crippen molar-refractivity contribution < 1.29 is 0 Å². The summed E-state index contributed by atoms with van der Waals surface area (Å²) in [5.74, 6) is 0. The molecule has 0 heterocycles. The molecule has 0 aromatic carbocycles. The largest absolute Gasteiger partial charge is 0.314 e. The maximum Gasteiger partial charge on any atom is 0.00695 e. The van der Waals surface area contributed by atoms with Crippen LogP contribution in [0.15, 0.2) is 0 Å². The van der Waals surface area contributed by atoms with Gasteiger partial charge in [-0.05, 0) is 52.0 Å². The average molecular weight is 252 g/mol. The Labute approximate surface area is 113 Å². The summed E-state index contributed by atoms with van der Waals surface area (Å²) in [6.45, 7) is 3.59. The fourth-order valence-electron chi connectivity index (χ4n) is 3.60. The first kappa shape index (κ1) is 14.3. The van der Waals surface area contributed by atoms with E-state index in [1.807, 2.05) is 0 Å². The zero-order chi connectivity index (χ0) is 12.6. The van der Waals surface area contributed by atoms with Crippen LogP contribution in [-0.4, -0.2) is 24.7 Å². The van der Waals surface area contributed by atoms with Crippen LogP contribution in [-0.2, 0) is 0 Å². The summed E-state index contributed by atoms with van der Waals surface area (Å²) < 4.78 is 0. The van der Waals surface area contributed by atoms with Gasteiger partial charge in [0.2, 0.25) is 0 Å². The Morgan fingerprint density at radius 1 is 0.889 bits per heavy atom. The van der Waals surface area contributed by atoms with Gasteiger partial charge in [-0.3, -0.25) is 0 Å². The highest BCUT2D eigenvalue weighted by Gasteiger charge is 2.16. The van der Waals surface area contributed by atoms with Crippen LogP contribution < -0.4 is 10.6 Å². The van der Waals surface area contributed by atoms with Crippen molar-refractivity contribution in [3.8, 4) is 0 Å². The lowest BCUT2D eigenvalue weighted by molar-refractivity contribution is 0.332. The van der Waals surface area contributed by atoms with E-state index < -0.39 is 0 Å².